The molecular formula is C18H31ClO3Si. The molecule has 0 N–H and O–H groups in total. The zero-order valence-electron chi connectivity index (χ0n) is 14.6. The van der Waals surface area contributed by atoms with Crippen LogP contribution >= 0.6 is 11.6 Å². The summed E-state index contributed by atoms with van der Waals surface area (Å²) in [5.41, 5.74) is 0. The van der Waals surface area contributed by atoms with E-state index in [1.165, 1.54) is 0 Å². The van der Waals surface area contributed by atoms with Crippen molar-refractivity contribution in [3.8, 4) is 0 Å². The number of rotatable bonds is 14. The Bertz CT molecular complexity index is 379. The lowest BCUT2D eigenvalue weighted by Gasteiger charge is -2.30. The molecule has 0 aliphatic heterocycles. The number of alkyl halides is 1. The van der Waals surface area contributed by atoms with Crippen LogP contribution in [0.3, 0.4) is 0 Å². The number of unbranched alkanes of at least 4 members (excludes halogenated alkanes) is 3. The Kier molecular flexibility index (Phi) is 11.6. The van der Waals surface area contributed by atoms with Crippen molar-refractivity contribution >= 4 is 25.6 Å². The van der Waals surface area contributed by atoms with Gasteiger partial charge in [-0.2, -0.15) is 0 Å². The molecule has 0 aliphatic rings. The predicted octanol–water partition coefficient (Wildman–Crippen LogP) is 4.50. The van der Waals surface area contributed by atoms with Crippen molar-refractivity contribution in [2.24, 2.45) is 0 Å². The predicted molar refractivity (Wildman–Crippen MR) is 99.5 cm³/mol. The van der Waals surface area contributed by atoms with Gasteiger partial charge in [-0.25, -0.2) is 0 Å². The minimum Gasteiger partial charge on any atom is -0.370 e. The molecule has 1 rings (SSSR count). The standard InChI is InChI=1S/C18H31ClO3Si/c1-3-5-15-20-23(21-16-6-4-2,22-17-11-10-14-19)18-12-8-7-9-13-18/h7-9,12-13H,3-6,10-11,14-17H2,1-2H3. The van der Waals surface area contributed by atoms with Crippen molar-refractivity contribution < 1.29 is 13.3 Å². The molecule has 0 saturated carbocycles. The molecule has 1 aromatic carbocycles. The minimum absolute atomic E-state index is 0.631. The van der Waals surface area contributed by atoms with Crippen LogP contribution in [0.1, 0.15) is 52.4 Å². The smallest absolute Gasteiger partial charge is 0.370 e. The summed E-state index contributed by atoms with van der Waals surface area (Å²) in [7, 11) is -2.84. The molecule has 0 radical (unpaired) electrons. The maximum Gasteiger partial charge on any atom is 0.537 e. The molecule has 0 bridgehead atoms. The van der Waals surface area contributed by atoms with E-state index in [9.17, 15) is 0 Å². The molecule has 0 fully saturated rings. The lowest BCUT2D eigenvalue weighted by atomic mass is 10.4. The van der Waals surface area contributed by atoms with Gasteiger partial charge in [-0.3, -0.25) is 0 Å². The maximum absolute atomic E-state index is 6.25. The highest BCUT2D eigenvalue weighted by Gasteiger charge is 2.43. The molecule has 3 nitrogen and oxygen atoms in total. The van der Waals surface area contributed by atoms with Gasteiger partial charge in [0.25, 0.3) is 0 Å². The highest BCUT2D eigenvalue weighted by Crippen LogP contribution is 2.14. The van der Waals surface area contributed by atoms with E-state index in [1.54, 1.807) is 0 Å². The first-order valence-electron chi connectivity index (χ1n) is 8.82. The first-order chi connectivity index (χ1) is 11.3. The van der Waals surface area contributed by atoms with E-state index in [1.807, 2.05) is 18.2 Å². The Morgan fingerprint density at radius 2 is 1.30 bits per heavy atom. The number of halogens is 1. The third-order valence-electron chi connectivity index (χ3n) is 3.53. The molecule has 0 saturated heterocycles. The fourth-order valence-electron chi connectivity index (χ4n) is 2.12. The summed E-state index contributed by atoms with van der Waals surface area (Å²) in [4.78, 5) is 0. The highest BCUT2D eigenvalue weighted by molar-refractivity contribution is 6.75. The summed E-state index contributed by atoms with van der Waals surface area (Å²) >= 11 is 5.77. The van der Waals surface area contributed by atoms with Crippen LogP contribution in [0.15, 0.2) is 30.3 Å². The summed E-state index contributed by atoms with van der Waals surface area (Å²) < 4.78 is 18.7. The van der Waals surface area contributed by atoms with E-state index in [0.29, 0.717) is 25.7 Å². The maximum atomic E-state index is 6.25. The lowest BCUT2D eigenvalue weighted by molar-refractivity contribution is 0.0700. The van der Waals surface area contributed by atoms with Crippen molar-refractivity contribution in [1.82, 2.24) is 0 Å². The minimum atomic E-state index is -2.84. The Balaban J connectivity index is 2.85. The van der Waals surface area contributed by atoms with Crippen LogP contribution in [-0.4, -0.2) is 34.5 Å². The lowest BCUT2D eigenvalue weighted by Crippen LogP contribution is -2.57. The molecule has 5 heteroatoms. The van der Waals surface area contributed by atoms with E-state index >= 15 is 0 Å². The first-order valence-corrected chi connectivity index (χ1v) is 11.1. The molecule has 0 spiro atoms. The normalized spacial score (nSPS) is 11.8. The summed E-state index contributed by atoms with van der Waals surface area (Å²) in [6, 6.07) is 10.2. The Morgan fingerprint density at radius 3 is 1.78 bits per heavy atom. The third-order valence-corrected chi connectivity index (χ3v) is 6.59. The third kappa shape index (κ3) is 7.81. The van der Waals surface area contributed by atoms with Gasteiger partial charge in [0, 0.05) is 30.9 Å². The second-order valence-electron chi connectivity index (χ2n) is 5.57. The van der Waals surface area contributed by atoms with Crippen molar-refractivity contribution in [1.29, 1.82) is 0 Å². The number of benzene rings is 1. The van der Waals surface area contributed by atoms with Crippen LogP contribution in [0.25, 0.3) is 0 Å². The van der Waals surface area contributed by atoms with Crippen LogP contribution in [-0.2, 0) is 13.3 Å². The fourth-order valence-corrected chi connectivity index (χ4v) is 4.90. The van der Waals surface area contributed by atoms with Crippen LogP contribution in [0, 0.1) is 0 Å². The zero-order chi connectivity index (χ0) is 16.8. The van der Waals surface area contributed by atoms with Gasteiger partial charge >= 0.3 is 8.80 Å². The fraction of sp³-hybridized carbons (Fsp3) is 0.667. The van der Waals surface area contributed by atoms with Crippen LogP contribution < -0.4 is 5.19 Å². The van der Waals surface area contributed by atoms with E-state index in [0.717, 1.165) is 43.7 Å². The Hall–Kier alpha value is -0.393. The topological polar surface area (TPSA) is 27.7 Å². The van der Waals surface area contributed by atoms with E-state index < -0.39 is 8.80 Å². The Labute approximate surface area is 147 Å². The molecule has 0 unspecified atom stereocenters. The van der Waals surface area contributed by atoms with Crippen LogP contribution in [0.5, 0.6) is 0 Å². The second-order valence-corrected chi connectivity index (χ2v) is 8.50. The SMILES string of the molecule is CCCCO[Si](OCCCC)(OCCCCCl)c1ccccc1. The van der Waals surface area contributed by atoms with Gasteiger partial charge in [0.2, 0.25) is 0 Å². The van der Waals surface area contributed by atoms with Crippen molar-refractivity contribution in [3.05, 3.63) is 30.3 Å². The van der Waals surface area contributed by atoms with Crippen LogP contribution in [0.2, 0.25) is 0 Å². The number of hydrogen-bond donors (Lipinski definition) is 0. The quantitative estimate of drug-likeness (QED) is 0.278. The summed E-state index contributed by atoms with van der Waals surface area (Å²) in [6.45, 7) is 6.31. The number of hydrogen-bond acceptors (Lipinski definition) is 3. The van der Waals surface area contributed by atoms with Gasteiger partial charge < -0.3 is 13.3 Å². The van der Waals surface area contributed by atoms with Gasteiger partial charge in [-0.05, 0) is 25.7 Å². The molecule has 0 aromatic heterocycles. The molecule has 0 atom stereocenters. The molecule has 0 heterocycles. The van der Waals surface area contributed by atoms with Gasteiger partial charge in [-0.1, -0.05) is 57.0 Å². The molecule has 1 aromatic rings. The van der Waals surface area contributed by atoms with Gasteiger partial charge in [-0.15, -0.1) is 11.6 Å². The first kappa shape index (κ1) is 20.7. The molecule has 0 amide bonds. The molecular weight excluding hydrogens is 328 g/mol. The zero-order valence-corrected chi connectivity index (χ0v) is 16.3. The van der Waals surface area contributed by atoms with Gasteiger partial charge in [0.1, 0.15) is 0 Å². The Morgan fingerprint density at radius 1 is 0.783 bits per heavy atom. The average molecular weight is 359 g/mol. The van der Waals surface area contributed by atoms with Crippen molar-refractivity contribution in [2.75, 3.05) is 25.7 Å². The van der Waals surface area contributed by atoms with Gasteiger partial charge in [0.05, 0.1) is 0 Å². The van der Waals surface area contributed by atoms with Gasteiger partial charge in [0.15, 0.2) is 0 Å². The molecule has 0 aliphatic carbocycles. The van der Waals surface area contributed by atoms with Crippen LogP contribution in [0.4, 0.5) is 0 Å². The van der Waals surface area contributed by atoms with E-state index in [-0.39, 0.29) is 0 Å². The highest BCUT2D eigenvalue weighted by atomic mass is 35.5. The largest absolute Gasteiger partial charge is 0.537 e. The monoisotopic (exact) mass is 358 g/mol. The van der Waals surface area contributed by atoms with Crippen molar-refractivity contribution in [3.63, 3.8) is 0 Å². The molecule has 132 valence electrons. The summed E-state index contributed by atoms with van der Waals surface area (Å²) in [6.07, 6.45) is 6.11. The average Bonchev–Trinajstić information content (AvgIpc) is 2.59. The summed E-state index contributed by atoms with van der Waals surface area (Å²) in [5.74, 6) is 0.663. The summed E-state index contributed by atoms with van der Waals surface area (Å²) in [5, 5.41) is 1.05. The second kappa shape index (κ2) is 13.0. The molecule has 23 heavy (non-hydrogen) atoms. The van der Waals surface area contributed by atoms with E-state index in [4.69, 9.17) is 24.9 Å². The van der Waals surface area contributed by atoms with Crippen molar-refractivity contribution in [2.45, 2.75) is 52.4 Å². The van der Waals surface area contributed by atoms with E-state index in [2.05, 4.69) is 26.0 Å².